The Labute approximate surface area is 103 Å². The van der Waals surface area contributed by atoms with Gasteiger partial charge in [-0.3, -0.25) is 4.98 Å². The monoisotopic (exact) mass is 254 g/mol. The van der Waals surface area contributed by atoms with Gasteiger partial charge < -0.3 is 5.73 Å². The summed E-state index contributed by atoms with van der Waals surface area (Å²) in [6.07, 6.45) is -3.58. The molecule has 0 unspecified atom stereocenters. The van der Waals surface area contributed by atoms with Crippen molar-refractivity contribution in [1.82, 2.24) is 4.98 Å². The largest absolute Gasteiger partial charge is 0.389 e. The quantitative estimate of drug-likeness (QED) is 0.909. The van der Waals surface area contributed by atoms with E-state index in [4.69, 9.17) is 5.73 Å². The summed E-state index contributed by atoms with van der Waals surface area (Å²) in [5.41, 5.74) is 7.30. The minimum absolute atomic E-state index is 0.114. The van der Waals surface area contributed by atoms with Gasteiger partial charge in [0.2, 0.25) is 0 Å². The van der Waals surface area contributed by atoms with E-state index in [0.29, 0.717) is 5.56 Å². The molecule has 0 aliphatic carbocycles. The van der Waals surface area contributed by atoms with Gasteiger partial charge in [0.1, 0.15) is 0 Å². The van der Waals surface area contributed by atoms with Crippen LogP contribution in [0.3, 0.4) is 0 Å². The number of aromatic nitrogens is 1. The Morgan fingerprint density at radius 2 is 1.89 bits per heavy atom. The maximum atomic E-state index is 12.2. The third-order valence-corrected chi connectivity index (χ3v) is 2.82. The predicted octanol–water partition coefficient (Wildman–Crippen LogP) is 3.58. The van der Waals surface area contributed by atoms with Gasteiger partial charge in [0.15, 0.2) is 0 Å². The Hall–Kier alpha value is -1.62. The smallest absolute Gasteiger partial charge is 0.324 e. The van der Waals surface area contributed by atoms with Crippen molar-refractivity contribution in [2.24, 2.45) is 5.73 Å². The second kappa shape index (κ2) is 4.94. The molecule has 96 valence electrons. The summed E-state index contributed by atoms with van der Waals surface area (Å²) < 4.78 is 36.5. The minimum atomic E-state index is -4.17. The van der Waals surface area contributed by atoms with Crippen LogP contribution in [0.5, 0.6) is 0 Å². The molecule has 1 aromatic carbocycles. The fraction of sp³-hybridized carbons (Fsp3) is 0.308. The van der Waals surface area contributed by atoms with Crippen LogP contribution in [-0.2, 0) is 0 Å². The van der Waals surface area contributed by atoms with E-state index in [1.54, 1.807) is 12.3 Å². The molecular weight excluding hydrogens is 241 g/mol. The van der Waals surface area contributed by atoms with Gasteiger partial charge in [-0.25, -0.2) is 0 Å². The molecule has 1 heterocycles. The molecule has 0 aliphatic heterocycles. The van der Waals surface area contributed by atoms with Crippen molar-refractivity contribution in [2.75, 3.05) is 0 Å². The van der Waals surface area contributed by atoms with Crippen molar-refractivity contribution in [1.29, 1.82) is 0 Å². The Morgan fingerprint density at radius 3 is 2.61 bits per heavy atom. The summed E-state index contributed by atoms with van der Waals surface area (Å²) in [5.74, 6) is 0. The number of nitrogens with two attached hydrogens (primary N) is 1. The van der Waals surface area contributed by atoms with E-state index >= 15 is 0 Å². The zero-order valence-electron chi connectivity index (χ0n) is 9.61. The molecule has 0 spiro atoms. The summed E-state index contributed by atoms with van der Waals surface area (Å²) >= 11 is 0. The molecule has 0 saturated heterocycles. The highest BCUT2D eigenvalue weighted by Crippen LogP contribution is 2.29. The predicted molar refractivity (Wildman–Crippen MR) is 64.0 cm³/mol. The maximum Gasteiger partial charge on any atom is 0.389 e. The van der Waals surface area contributed by atoms with Crippen LogP contribution in [0.2, 0.25) is 0 Å². The molecule has 0 saturated carbocycles. The summed E-state index contributed by atoms with van der Waals surface area (Å²) in [4.78, 5) is 4.16. The van der Waals surface area contributed by atoms with E-state index in [1.807, 2.05) is 24.3 Å². The normalized spacial score (nSPS) is 13.8. The molecular formula is C13H13F3N2. The number of benzene rings is 1. The molecule has 2 aromatic rings. The van der Waals surface area contributed by atoms with Crippen molar-refractivity contribution in [3.05, 3.63) is 42.1 Å². The Kier molecular flexibility index (Phi) is 3.52. The lowest BCUT2D eigenvalue weighted by Gasteiger charge is -2.15. The average Bonchev–Trinajstić information content (AvgIpc) is 2.34. The molecule has 2 rings (SSSR count). The number of alkyl halides is 3. The molecule has 0 fully saturated rings. The van der Waals surface area contributed by atoms with E-state index in [2.05, 4.69) is 4.98 Å². The van der Waals surface area contributed by atoms with Gasteiger partial charge in [-0.05, 0) is 24.1 Å². The highest BCUT2D eigenvalue weighted by atomic mass is 19.4. The SMILES string of the molecule is N[C@@H](CCC(F)(F)F)c1ccnc2ccccc12. The third-order valence-electron chi connectivity index (χ3n) is 2.82. The first-order chi connectivity index (χ1) is 8.47. The van der Waals surface area contributed by atoms with Gasteiger partial charge in [0.05, 0.1) is 5.52 Å². The molecule has 2 nitrogen and oxygen atoms in total. The number of rotatable bonds is 3. The molecule has 18 heavy (non-hydrogen) atoms. The van der Waals surface area contributed by atoms with Crippen molar-refractivity contribution < 1.29 is 13.2 Å². The lowest BCUT2D eigenvalue weighted by atomic mass is 9.99. The fourth-order valence-corrected chi connectivity index (χ4v) is 1.92. The molecule has 5 heteroatoms. The first kappa shape index (κ1) is 12.8. The van der Waals surface area contributed by atoms with Gasteiger partial charge in [0.25, 0.3) is 0 Å². The zero-order chi connectivity index (χ0) is 13.2. The Balaban J connectivity index is 2.25. The number of pyridine rings is 1. The van der Waals surface area contributed by atoms with Crippen LogP contribution in [0.4, 0.5) is 13.2 Å². The number of fused-ring (bicyclic) bond motifs is 1. The summed E-state index contributed by atoms with van der Waals surface area (Å²) in [7, 11) is 0. The molecule has 0 radical (unpaired) electrons. The van der Waals surface area contributed by atoms with Crippen LogP contribution in [0.1, 0.15) is 24.4 Å². The second-order valence-electron chi connectivity index (χ2n) is 4.18. The van der Waals surface area contributed by atoms with Crippen LogP contribution in [0, 0.1) is 0 Å². The molecule has 0 aliphatic rings. The van der Waals surface area contributed by atoms with Crippen molar-refractivity contribution >= 4 is 10.9 Å². The first-order valence-electron chi connectivity index (χ1n) is 5.63. The molecule has 1 aromatic heterocycles. The topological polar surface area (TPSA) is 38.9 Å². The van der Waals surface area contributed by atoms with E-state index < -0.39 is 18.6 Å². The van der Waals surface area contributed by atoms with Gasteiger partial charge >= 0.3 is 6.18 Å². The first-order valence-corrected chi connectivity index (χ1v) is 5.63. The standard InChI is InChI=1S/C13H13F3N2/c14-13(15,16)7-5-11(17)9-6-8-18-12-4-2-1-3-10(9)12/h1-4,6,8,11H,5,7,17H2/t11-/m0/s1. The molecule has 0 amide bonds. The number of nitrogens with zero attached hydrogens (tertiary/aromatic N) is 1. The van der Waals surface area contributed by atoms with E-state index in [-0.39, 0.29) is 6.42 Å². The van der Waals surface area contributed by atoms with Gasteiger partial charge in [-0.1, -0.05) is 18.2 Å². The van der Waals surface area contributed by atoms with Crippen molar-refractivity contribution in [3.63, 3.8) is 0 Å². The Bertz CT molecular complexity index is 532. The zero-order valence-corrected chi connectivity index (χ0v) is 9.61. The van der Waals surface area contributed by atoms with E-state index in [0.717, 1.165) is 10.9 Å². The Morgan fingerprint density at radius 1 is 1.17 bits per heavy atom. The van der Waals surface area contributed by atoms with Crippen molar-refractivity contribution in [2.45, 2.75) is 25.1 Å². The average molecular weight is 254 g/mol. The highest BCUT2D eigenvalue weighted by molar-refractivity contribution is 5.82. The van der Waals surface area contributed by atoms with Gasteiger partial charge in [-0.2, -0.15) is 13.2 Å². The van der Waals surface area contributed by atoms with Gasteiger partial charge in [-0.15, -0.1) is 0 Å². The highest BCUT2D eigenvalue weighted by Gasteiger charge is 2.28. The fourth-order valence-electron chi connectivity index (χ4n) is 1.92. The second-order valence-corrected chi connectivity index (χ2v) is 4.18. The van der Waals surface area contributed by atoms with E-state index in [1.165, 1.54) is 0 Å². The van der Waals surface area contributed by atoms with Crippen molar-refractivity contribution in [3.8, 4) is 0 Å². The van der Waals surface area contributed by atoms with Crippen LogP contribution in [0.25, 0.3) is 10.9 Å². The molecule has 1 atom stereocenters. The molecule has 2 N–H and O–H groups in total. The van der Waals surface area contributed by atoms with Crippen LogP contribution in [-0.4, -0.2) is 11.2 Å². The maximum absolute atomic E-state index is 12.2. The number of hydrogen-bond acceptors (Lipinski definition) is 2. The summed E-state index contributed by atoms with van der Waals surface area (Å²) in [6, 6.07) is 8.35. The lowest BCUT2D eigenvalue weighted by Crippen LogP contribution is -2.16. The van der Waals surface area contributed by atoms with Crippen LogP contribution in [0.15, 0.2) is 36.5 Å². The van der Waals surface area contributed by atoms with E-state index in [9.17, 15) is 13.2 Å². The van der Waals surface area contributed by atoms with Gasteiger partial charge in [0, 0.05) is 24.0 Å². The summed E-state index contributed by atoms with van der Waals surface area (Å²) in [5, 5.41) is 0.815. The third kappa shape index (κ3) is 2.98. The van der Waals surface area contributed by atoms with Crippen LogP contribution < -0.4 is 5.73 Å². The lowest BCUT2D eigenvalue weighted by molar-refractivity contribution is -0.136. The molecule has 0 bridgehead atoms. The summed E-state index contributed by atoms with van der Waals surface area (Å²) in [6.45, 7) is 0. The number of para-hydroxylation sites is 1. The minimum Gasteiger partial charge on any atom is -0.324 e. The van der Waals surface area contributed by atoms with Crippen LogP contribution >= 0.6 is 0 Å². The number of halogens is 3. The number of hydrogen-bond donors (Lipinski definition) is 1.